The molecule has 0 spiro atoms. The number of aryl methyl sites for hydroxylation is 1. The molecule has 0 saturated heterocycles. The molecule has 2 aromatic carbocycles. The first-order chi connectivity index (χ1) is 17.3. The highest BCUT2D eigenvalue weighted by Gasteiger charge is 2.34. The van der Waals surface area contributed by atoms with Gasteiger partial charge in [0.25, 0.3) is 0 Å². The van der Waals surface area contributed by atoms with Gasteiger partial charge in [0.15, 0.2) is 0 Å². The van der Waals surface area contributed by atoms with E-state index in [1.54, 1.807) is 12.3 Å². The highest BCUT2D eigenvalue weighted by atomic mass is 35.5. The predicted molar refractivity (Wildman–Crippen MR) is 138 cm³/mol. The number of aliphatic imine (C=N–C) groups is 1. The maximum absolute atomic E-state index is 13.2. The fraction of sp³-hybridized carbons (Fsp3) is 0.269. The molecule has 0 saturated carbocycles. The van der Waals surface area contributed by atoms with Gasteiger partial charge in [-0.2, -0.15) is 13.2 Å². The number of fused-ring (bicyclic) bond motifs is 1. The molecule has 0 radical (unpaired) electrons. The molecule has 0 fully saturated rings. The van der Waals surface area contributed by atoms with Crippen LogP contribution in [0.5, 0.6) is 11.5 Å². The van der Waals surface area contributed by atoms with Gasteiger partial charge in [0.1, 0.15) is 23.0 Å². The van der Waals surface area contributed by atoms with Gasteiger partial charge >= 0.3 is 6.18 Å². The minimum Gasteiger partial charge on any atom is -0.457 e. The number of halogens is 5. The summed E-state index contributed by atoms with van der Waals surface area (Å²) in [6.07, 6.45) is -1.20. The smallest absolute Gasteiger partial charge is 0.417 e. The van der Waals surface area contributed by atoms with E-state index in [1.807, 2.05) is 24.3 Å². The van der Waals surface area contributed by atoms with E-state index in [1.165, 1.54) is 6.07 Å². The van der Waals surface area contributed by atoms with Gasteiger partial charge in [-0.05, 0) is 66.8 Å². The molecule has 6 nitrogen and oxygen atoms in total. The number of anilines is 1. The van der Waals surface area contributed by atoms with Crippen molar-refractivity contribution >= 4 is 41.4 Å². The lowest BCUT2D eigenvalue weighted by Crippen LogP contribution is -2.28. The fourth-order valence-electron chi connectivity index (χ4n) is 4.40. The molecule has 1 amide bonds. The average Bonchev–Trinajstić information content (AvgIpc) is 3.39. The third kappa shape index (κ3) is 6.17. The van der Waals surface area contributed by atoms with Crippen molar-refractivity contribution in [2.75, 3.05) is 18.4 Å². The van der Waals surface area contributed by atoms with E-state index in [0.717, 1.165) is 35.6 Å². The molecule has 2 heterocycles. The van der Waals surface area contributed by atoms with E-state index < -0.39 is 16.8 Å². The Morgan fingerprint density at radius 1 is 1.08 bits per heavy atom. The summed E-state index contributed by atoms with van der Waals surface area (Å²) < 4.78 is 45.5. The van der Waals surface area contributed by atoms with E-state index in [9.17, 15) is 18.0 Å². The number of benzene rings is 2. The topological polar surface area (TPSA) is 75.6 Å². The molecule has 2 aliphatic rings. The molecule has 1 aliphatic heterocycles. The van der Waals surface area contributed by atoms with E-state index in [4.69, 9.17) is 16.3 Å². The van der Waals surface area contributed by atoms with E-state index in [2.05, 4.69) is 20.6 Å². The molecule has 194 valence electrons. The summed E-state index contributed by atoms with van der Waals surface area (Å²) >= 11 is 5.68. The van der Waals surface area contributed by atoms with Crippen LogP contribution in [0.25, 0.3) is 0 Å². The number of nitrogens with zero attached hydrogens (tertiary/aromatic N) is 2. The van der Waals surface area contributed by atoms with Crippen molar-refractivity contribution in [3.05, 3.63) is 82.1 Å². The summed E-state index contributed by atoms with van der Waals surface area (Å²) in [6, 6.07) is 12.7. The van der Waals surface area contributed by atoms with Crippen LogP contribution in [-0.4, -0.2) is 29.8 Å². The molecule has 0 bridgehead atoms. The number of hydrogen-bond acceptors (Lipinski definition) is 5. The quantitative estimate of drug-likeness (QED) is 0.404. The highest BCUT2D eigenvalue weighted by molar-refractivity contribution is 6.31. The van der Waals surface area contributed by atoms with Crippen LogP contribution in [-0.2, 0) is 23.8 Å². The van der Waals surface area contributed by atoms with Crippen molar-refractivity contribution in [2.45, 2.75) is 25.4 Å². The predicted octanol–water partition coefficient (Wildman–Crippen LogP) is 6.06. The second-order valence-corrected chi connectivity index (χ2v) is 9.10. The molecule has 2 N–H and O–H groups in total. The summed E-state index contributed by atoms with van der Waals surface area (Å²) in [7, 11) is 0. The highest BCUT2D eigenvalue weighted by Crippen LogP contribution is 2.37. The fourth-order valence-corrected chi connectivity index (χ4v) is 4.62. The van der Waals surface area contributed by atoms with Crippen LogP contribution in [0.2, 0.25) is 5.02 Å². The minimum atomic E-state index is -4.60. The van der Waals surface area contributed by atoms with Gasteiger partial charge in [0, 0.05) is 30.4 Å². The number of pyridine rings is 1. The number of carbonyl (C=O) groups excluding carboxylic acids is 1. The molecule has 3 aromatic rings. The van der Waals surface area contributed by atoms with Gasteiger partial charge in [-0.1, -0.05) is 17.7 Å². The SMILES string of the molecule is Cl.O=C(Nc1ccc(Cl)c(C(F)(F)F)c1)C1CCc2ccc(Oc3ccnc(C4=NCCN4)c3)cc2C1. The normalized spacial score (nSPS) is 16.6. The van der Waals surface area contributed by atoms with Crippen molar-refractivity contribution in [3.63, 3.8) is 0 Å². The molecule has 5 rings (SSSR count). The van der Waals surface area contributed by atoms with E-state index in [0.29, 0.717) is 43.0 Å². The maximum Gasteiger partial charge on any atom is 0.417 e. The number of carbonyl (C=O) groups is 1. The largest absolute Gasteiger partial charge is 0.457 e. The zero-order valence-corrected chi connectivity index (χ0v) is 21.0. The standard InChI is InChI=1S/C26H22ClF3N4O2.ClH/c27-22-6-4-18(13-21(22)26(28,29)30)34-25(35)16-2-1-15-3-5-19(12-17(15)11-16)36-20-7-8-31-23(14-20)24-32-9-10-33-24;/h3-8,12-14,16H,1-2,9-11H2,(H,32,33)(H,34,35);1H. The van der Waals surface area contributed by atoms with Crippen LogP contribution in [0.3, 0.4) is 0 Å². The number of aromatic nitrogens is 1. The Morgan fingerprint density at radius 2 is 1.89 bits per heavy atom. The Morgan fingerprint density at radius 3 is 2.65 bits per heavy atom. The number of hydrogen-bond donors (Lipinski definition) is 2. The molecular formula is C26H23Cl2F3N4O2. The molecule has 37 heavy (non-hydrogen) atoms. The Bertz CT molecular complexity index is 1350. The van der Waals surface area contributed by atoms with Crippen molar-refractivity contribution in [1.29, 1.82) is 0 Å². The van der Waals surface area contributed by atoms with Gasteiger partial charge in [-0.3, -0.25) is 14.8 Å². The Balaban J connectivity index is 0.00000320. The van der Waals surface area contributed by atoms with Crippen molar-refractivity contribution < 1.29 is 22.7 Å². The Labute approximate surface area is 222 Å². The molecular weight excluding hydrogens is 528 g/mol. The van der Waals surface area contributed by atoms with Crippen LogP contribution in [0.4, 0.5) is 18.9 Å². The monoisotopic (exact) mass is 550 g/mol. The first-order valence-electron chi connectivity index (χ1n) is 11.5. The lowest BCUT2D eigenvalue weighted by atomic mass is 9.83. The molecule has 1 atom stereocenters. The summed E-state index contributed by atoms with van der Waals surface area (Å²) in [5.74, 6) is 1.27. The third-order valence-corrected chi connectivity index (χ3v) is 6.53. The van der Waals surface area contributed by atoms with E-state index in [-0.39, 0.29) is 29.9 Å². The zero-order chi connectivity index (χ0) is 25.3. The second kappa shape index (κ2) is 11.0. The molecule has 1 unspecified atom stereocenters. The van der Waals surface area contributed by atoms with Crippen molar-refractivity contribution in [1.82, 2.24) is 10.3 Å². The van der Waals surface area contributed by atoms with Gasteiger partial charge in [0.05, 0.1) is 17.1 Å². The van der Waals surface area contributed by atoms with Crippen LogP contribution < -0.4 is 15.4 Å². The third-order valence-electron chi connectivity index (χ3n) is 6.20. The van der Waals surface area contributed by atoms with Gasteiger partial charge < -0.3 is 15.4 Å². The number of alkyl halides is 3. The maximum atomic E-state index is 13.2. The van der Waals surface area contributed by atoms with Crippen molar-refractivity contribution in [3.8, 4) is 11.5 Å². The molecule has 1 aromatic heterocycles. The number of rotatable bonds is 5. The molecule has 1 aliphatic carbocycles. The summed E-state index contributed by atoms with van der Waals surface area (Å²) in [5, 5.41) is 5.39. The van der Waals surface area contributed by atoms with Crippen LogP contribution in [0, 0.1) is 5.92 Å². The Kier molecular flexibility index (Phi) is 7.94. The minimum absolute atomic E-state index is 0. The van der Waals surface area contributed by atoms with Crippen LogP contribution in [0.1, 0.15) is 28.8 Å². The van der Waals surface area contributed by atoms with Gasteiger partial charge in [-0.25, -0.2) is 0 Å². The van der Waals surface area contributed by atoms with Gasteiger partial charge in [0.2, 0.25) is 5.91 Å². The summed E-state index contributed by atoms with van der Waals surface area (Å²) in [5.41, 5.74) is 1.89. The summed E-state index contributed by atoms with van der Waals surface area (Å²) in [4.78, 5) is 21.6. The second-order valence-electron chi connectivity index (χ2n) is 8.69. The Hall–Kier alpha value is -3.30. The number of nitrogens with one attached hydrogen (secondary N) is 2. The van der Waals surface area contributed by atoms with E-state index >= 15 is 0 Å². The first kappa shape index (κ1) is 26.8. The van der Waals surface area contributed by atoms with Crippen LogP contribution >= 0.6 is 24.0 Å². The number of ether oxygens (including phenoxy) is 1. The number of amidine groups is 1. The van der Waals surface area contributed by atoms with Gasteiger partial charge in [-0.15, -0.1) is 12.4 Å². The lowest BCUT2D eigenvalue weighted by Gasteiger charge is -2.24. The van der Waals surface area contributed by atoms with Crippen molar-refractivity contribution in [2.24, 2.45) is 10.9 Å². The zero-order valence-electron chi connectivity index (χ0n) is 19.4. The summed E-state index contributed by atoms with van der Waals surface area (Å²) in [6.45, 7) is 1.49. The van der Waals surface area contributed by atoms with Crippen LogP contribution in [0.15, 0.2) is 59.7 Å². The number of amides is 1. The molecule has 11 heteroatoms. The first-order valence-corrected chi connectivity index (χ1v) is 11.9. The average molecular weight is 551 g/mol. The lowest BCUT2D eigenvalue weighted by molar-refractivity contribution is -0.137.